The molecule has 0 atom stereocenters. The lowest BCUT2D eigenvalue weighted by molar-refractivity contribution is 0.632. The minimum Gasteiger partial charge on any atom is -0.310 e. The van der Waals surface area contributed by atoms with Crippen LogP contribution in [-0.4, -0.2) is 0 Å². The van der Waals surface area contributed by atoms with Gasteiger partial charge in [-0.15, -0.1) is 0 Å². The Bertz CT molecular complexity index is 3180. The van der Waals surface area contributed by atoms with Gasteiger partial charge in [0.2, 0.25) is 0 Å². The summed E-state index contributed by atoms with van der Waals surface area (Å²) in [6.45, 7) is 4.75. The van der Waals surface area contributed by atoms with Gasteiger partial charge in [-0.1, -0.05) is 184 Å². The maximum Gasteiger partial charge on any atom is 0.0618 e. The lowest BCUT2D eigenvalue weighted by atomic mass is 9.73. The zero-order chi connectivity index (χ0) is 39.5. The summed E-state index contributed by atoms with van der Waals surface area (Å²) >= 11 is 0. The van der Waals surface area contributed by atoms with Gasteiger partial charge in [-0.05, 0) is 103 Å². The van der Waals surface area contributed by atoms with Crippen LogP contribution in [0, 0.1) is 0 Å². The molecule has 59 heavy (non-hydrogen) atoms. The largest absolute Gasteiger partial charge is 0.310 e. The molecule has 2 nitrogen and oxygen atoms in total. The zero-order valence-corrected chi connectivity index (χ0v) is 33.2. The number of nitrogens with zero attached hydrogens (tertiary/aromatic N) is 2. The average Bonchev–Trinajstić information content (AvgIpc) is 3.30. The summed E-state index contributed by atoms with van der Waals surface area (Å²) in [5, 5.41) is 7.44. The fourth-order valence-corrected chi connectivity index (χ4v) is 9.53. The first kappa shape index (κ1) is 34.8. The van der Waals surface area contributed by atoms with Crippen LogP contribution < -0.4 is 9.80 Å². The number of hydrogen-bond donors (Lipinski definition) is 0. The first-order valence-electron chi connectivity index (χ1n) is 20.5. The molecule has 2 heteroatoms. The van der Waals surface area contributed by atoms with Crippen LogP contribution in [0.3, 0.4) is 0 Å². The minimum absolute atomic E-state index is 0.254. The Hall–Kier alpha value is -7.42. The third-order valence-corrected chi connectivity index (χ3v) is 12.4. The maximum absolute atomic E-state index is 2.57. The highest BCUT2D eigenvalue weighted by Crippen LogP contribution is 2.56. The highest BCUT2D eigenvalue weighted by molar-refractivity contribution is 6.17. The van der Waals surface area contributed by atoms with Crippen LogP contribution >= 0.6 is 0 Å². The molecule has 10 aromatic carbocycles. The van der Waals surface area contributed by atoms with Gasteiger partial charge in [-0.3, -0.25) is 0 Å². The van der Waals surface area contributed by atoms with E-state index in [0.717, 1.165) is 17.1 Å². The van der Waals surface area contributed by atoms with E-state index in [1.54, 1.807) is 0 Å². The number of hydrogen-bond acceptors (Lipinski definition) is 2. The van der Waals surface area contributed by atoms with Crippen molar-refractivity contribution < 1.29 is 0 Å². The summed E-state index contributed by atoms with van der Waals surface area (Å²) in [5.74, 6) is 0. The fraction of sp³-hybridized carbons (Fsp3) is 0.0526. The quantitative estimate of drug-likeness (QED) is 0.156. The minimum atomic E-state index is -0.254. The predicted octanol–water partition coefficient (Wildman–Crippen LogP) is 16.1. The molecule has 1 heterocycles. The topological polar surface area (TPSA) is 6.48 Å². The Kier molecular flexibility index (Phi) is 8.20. The number of anilines is 6. The van der Waals surface area contributed by atoms with Gasteiger partial charge in [0, 0.05) is 33.4 Å². The first-order chi connectivity index (χ1) is 29.0. The Morgan fingerprint density at radius 3 is 1.69 bits per heavy atom. The van der Waals surface area contributed by atoms with Crippen molar-refractivity contribution in [2.75, 3.05) is 9.80 Å². The molecule has 0 fully saturated rings. The highest BCUT2D eigenvalue weighted by Gasteiger charge is 2.38. The lowest BCUT2D eigenvalue weighted by Gasteiger charge is -2.43. The van der Waals surface area contributed by atoms with E-state index in [0.29, 0.717) is 0 Å². The Morgan fingerprint density at radius 2 is 0.915 bits per heavy atom. The van der Waals surface area contributed by atoms with Crippen molar-refractivity contribution in [1.29, 1.82) is 0 Å². The van der Waals surface area contributed by atoms with E-state index in [1.165, 1.54) is 82.8 Å². The fourth-order valence-electron chi connectivity index (χ4n) is 9.53. The summed E-state index contributed by atoms with van der Waals surface area (Å²) in [5.41, 5.74) is 14.0. The van der Waals surface area contributed by atoms with Gasteiger partial charge in [0.05, 0.1) is 17.1 Å². The maximum atomic E-state index is 2.57. The van der Waals surface area contributed by atoms with Crippen LogP contribution in [0.1, 0.15) is 25.0 Å². The summed E-state index contributed by atoms with van der Waals surface area (Å²) < 4.78 is 0. The van der Waals surface area contributed by atoms with Crippen molar-refractivity contribution >= 4 is 66.4 Å². The van der Waals surface area contributed by atoms with Crippen LogP contribution in [0.4, 0.5) is 34.1 Å². The molecular weight excluding hydrogens is 713 g/mol. The molecule has 0 bridgehead atoms. The van der Waals surface area contributed by atoms with E-state index in [2.05, 4.69) is 242 Å². The van der Waals surface area contributed by atoms with Crippen molar-refractivity contribution in [1.82, 2.24) is 0 Å². The molecule has 0 saturated heterocycles. The molecule has 11 rings (SSSR count). The third-order valence-electron chi connectivity index (χ3n) is 12.4. The van der Waals surface area contributed by atoms with E-state index in [4.69, 9.17) is 0 Å². The van der Waals surface area contributed by atoms with Crippen molar-refractivity contribution in [3.63, 3.8) is 0 Å². The zero-order valence-electron chi connectivity index (χ0n) is 33.2. The van der Waals surface area contributed by atoms with Gasteiger partial charge in [0.15, 0.2) is 0 Å². The van der Waals surface area contributed by atoms with E-state index in [-0.39, 0.29) is 5.41 Å². The second-order valence-electron chi connectivity index (χ2n) is 16.1. The molecule has 0 saturated carbocycles. The van der Waals surface area contributed by atoms with Gasteiger partial charge in [-0.2, -0.15) is 0 Å². The van der Waals surface area contributed by atoms with E-state index >= 15 is 0 Å². The van der Waals surface area contributed by atoms with Crippen LogP contribution in [0.5, 0.6) is 0 Å². The molecule has 0 amide bonds. The molecule has 0 unspecified atom stereocenters. The van der Waals surface area contributed by atoms with Gasteiger partial charge < -0.3 is 9.80 Å². The molecule has 0 N–H and O–H groups in total. The van der Waals surface area contributed by atoms with Gasteiger partial charge in [0.1, 0.15) is 0 Å². The van der Waals surface area contributed by atoms with Crippen LogP contribution in [0.15, 0.2) is 218 Å². The molecule has 0 spiro atoms. The van der Waals surface area contributed by atoms with Crippen molar-refractivity contribution in [2.45, 2.75) is 19.3 Å². The molecular formula is C57H42N2. The Balaban J connectivity index is 1.19. The van der Waals surface area contributed by atoms with Crippen molar-refractivity contribution in [3.05, 3.63) is 230 Å². The van der Waals surface area contributed by atoms with Crippen LogP contribution in [0.25, 0.3) is 54.6 Å². The Labute approximate surface area is 345 Å². The van der Waals surface area contributed by atoms with Gasteiger partial charge >= 0.3 is 0 Å². The highest BCUT2D eigenvalue weighted by atomic mass is 15.2. The van der Waals surface area contributed by atoms with Crippen molar-refractivity contribution in [2.24, 2.45) is 0 Å². The predicted molar refractivity (Wildman–Crippen MR) is 251 cm³/mol. The average molecular weight is 755 g/mol. The normalized spacial score (nSPS) is 13.0. The molecule has 1 aliphatic rings. The Morgan fingerprint density at radius 1 is 0.356 bits per heavy atom. The number of benzene rings is 10. The summed E-state index contributed by atoms with van der Waals surface area (Å²) in [6, 6.07) is 80.1. The smallest absolute Gasteiger partial charge is 0.0618 e. The molecule has 10 aromatic rings. The second kappa shape index (κ2) is 13.9. The van der Waals surface area contributed by atoms with Crippen LogP contribution in [-0.2, 0) is 5.41 Å². The summed E-state index contributed by atoms with van der Waals surface area (Å²) in [7, 11) is 0. The first-order valence-corrected chi connectivity index (χ1v) is 20.5. The number of fused-ring (bicyclic) bond motifs is 6. The van der Waals surface area contributed by atoms with Crippen molar-refractivity contribution in [3.8, 4) is 22.3 Å². The molecule has 0 aliphatic carbocycles. The van der Waals surface area contributed by atoms with Gasteiger partial charge in [0.25, 0.3) is 0 Å². The molecule has 1 aliphatic heterocycles. The van der Waals surface area contributed by atoms with Crippen LogP contribution in [0.2, 0.25) is 0 Å². The summed E-state index contributed by atoms with van der Waals surface area (Å²) in [4.78, 5) is 4.96. The SMILES string of the molecule is CC1(C)c2ccccc2N(c2c(-c3cc4ccccc4c4ccccc34)ccc3ccccc23)c2cc(N(c3ccccc3)c3ccc(-c4ccccc4)cc3)ccc21. The van der Waals surface area contributed by atoms with Gasteiger partial charge in [-0.25, -0.2) is 0 Å². The molecule has 280 valence electrons. The monoisotopic (exact) mass is 754 g/mol. The number of para-hydroxylation sites is 2. The lowest BCUT2D eigenvalue weighted by Crippen LogP contribution is -2.31. The van der Waals surface area contributed by atoms with E-state index in [1.807, 2.05) is 0 Å². The third kappa shape index (κ3) is 5.71. The second-order valence-corrected chi connectivity index (χ2v) is 16.1. The molecule has 0 aromatic heterocycles. The van der Waals surface area contributed by atoms with E-state index in [9.17, 15) is 0 Å². The standard InChI is InChI=1S/C57H42N2/c1-57(2)52-27-15-16-28-54(52)59(56-47-24-12-9-19-41(47)31-35-50(56)51-37-42-20-10-11-23-46(42)48-25-13-14-26-49(48)51)55-38-45(34-36-53(55)57)58(43-21-7-4-8-22-43)44-32-29-40(30-33-44)39-17-5-3-6-18-39/h3-38H,1-2H3. The summed E-state index contributed by atoms with van der Waals surface area (Å²) in [6.07, 6.45) is 0. The molecule has 0 radical (unpaired) electrons. The van der Waals surface area contributed by atoms with E-state index < -0.39 is 0 Å². The number of rotatable bonds is 6.